The van der Waals surface area contributed by atoms with Crippen molar-refractivity contribution in [2.24, 2.45) is 0 Å². The number of carbonyl (C=O) groups is 2. The summed E-state index contributed by atoms with van der Waals surface area (Å²) in [6.45, 7) is 5.02. The van der Waals surface area contributed by atoms with E-state index in [0.29, 0.717) is 24.7 Å². The predicted octanol–water partition coefficient (Wildman–Crippen LogP) is 2.18. The van der Waals surface area contributed by atoms with Crippen molar-refractivity contribution >= 4 is 40.9 Å². The number of para-hydroxylation sites is 1. The number of carbonyl (C=O) groups excluding carboxylic acids is 2. The Morgan fingerprint density at radius 2 is 1.78 bits per heavy atom. The third-order valence-electron chi connectivity index (χ3n) is 4.53. The lowest BCUT2D eigenvalue weighted by atomic mass is 10.3. The SMILES string of the molecule is CC(=O)N1CC[NH+](CC(=O)Nc2ccccc2Sc2ccc(Cl)cc2)CC1. The van der Waals surface area contributed by atoms with Gasteiger partial charge >= 0.3 is 0 Å². The summed E-state index contributed by atoms with van der Waals surface area (Å²) in [5.74, 6) is 0.0945. The van der Waals surface area contributed by atoms with Gasteiger partial charge in [0.05, 0.1) is 31.9 Å². The molecule has 0 spiro atoms. The minimum absolute atomic E-state index is 0.00886. The van der Waals surface area contributed by atoms with Crippen molar-refractivity contribution in [1.29, 1.82) is 0 Å². The molecule has 0 saturated carbocycles. The van der Waals surface area contributed by atoms with E-state index in [4.69, 9.17) is 11.6 Å². The first-order valence-electron chi connectivity index (χ1n) is 8.92. The van der Waals surface area contributed by atoms with Crippen LogP contribution in [0.3, 0.4) is 0 Å². The quantitative estimate of drug-likeness (QED) is 0.803. The van der Waals surface area contributed by atoms with Gasteiger partial charge in [0, 0.05) is 21.7 Å². The van der Waals surface area contributed by atoms with Crippen molar-refractivity contribution in [3.8, 4) is 0 Å². The van der Waals surface area contributed by atoms with E-state index >= 15 is 0 Å². The number of hydrogen-bond acceptors (Lipinski definition) is 3. The van der Waals surface area contributed by atoms with Gasteiger partial charge in [-0.1, -0.05) is 35.5 Å². The van der Waals surface area contributed by atoms with Crippen molar-refractivity contribution in [3.05, 3.63) is 53.6 Å². The molecule has 0 bridgehead atoms. The van der Waals surface area contributed by atoms with Crippen LogP contribution in [-0.4, -0.2) is 49.4 Å². The number of rotatable bonds is 5. The number of anilines is 1. The van der Waals surface area contributed by atoms with Crippen LogP contribution in [0.2, 0.25) is 5.02 Å². The van der Waals surface area contributed by atoms with E-state index < -0.39 is 0 Å². The topological polar surface area (TPSA) is 53.9 Å². The van der Waals surface area contributed by atoms with Crippen LogP contribution in [0.5, 0.6) is 0 Å². The van der Waals surface area contributed by atoms with Gasteiger partial charge in [0.15, 0.2) is 6.54 Å². The number of halogens is 1. The molecule has 2 aromatic carbocycles. The number of quaternary nitrogens is 1. The van der Waals surface area contributed by atoms with Gasteiger partial charge in [-0.15, -0.1) is 0 Å². The smallest absolute Gasteiger partial charge is 0.279 e. The molecule has 0 radical (unpaired) electrons. The second kappa shape index (κ2) is 9.26. The molecule has 0 atom stereocenters. The highest BCUT2D eigenvalue weighted by Gasteiger charge is 2.23. The maximum atomic E-state index is 12.5. The van der Waals surface area contributed by atoms with Crippen molar-refractivity contribution in [2.45, 2.75) is 16.7 Å². The summed E-state index contributed by atoms with van der Waals surface area (Å²) < 4.78 is 0. The molecule has 0 aliphatic carbocycles. The lowest BCUT2D eigenvalue weighted by Gasteiger charge is -2.31. The molecule has 7 heteroatoms. The Bertz CT molecular complexity index is 805. The van der Waals surface area contributed by atoms with Gasteiger partial charge in [-0.3, -0.25) is 9.59 Å². The zero-order chi connectivity index (χ0) is 19.2. The predicted molar refractivity (Wildman–Crippen MR) is 108 cm³/mol. The zero-order valence-corrected chi connectivity index (χ0v) is 16.8. The van der Waals surface area contributed by atoms with E-state index in [2.05, 4.69) is 5.32 Å². The maximum Gasteiger partial charge on any atom is 0.279 e. The summed E-state index contributed by atoms with van der Waals surface area (Å²) in [6, 6.07) is 15.4. The standard InChI is InChI=1S/C20H22ClN3O2S/c1-15(25)24-12-10-23(11-13-24)14-20(26)22-18-4-2-3-5-19(18)27-17-8-6-16(21)7-9-17/h2-9H,10-14H2,1H3,(H,22,26)/p+1. The number of benzene rings is 2. The van der Waals surface area contributed by atoms with Crippen molar-refractivity contribution in [1.82, 2.24) is 4.90 Å². The van der Waals surface area contributed by atoms with Crippen LogP contribution in [-0.2, 0) is 9.59 Å². The lowest BCUT2D eigenvalue weighted by molar-refractivity contribution is -0.895. The van der Waals surface area contributed by atoms with Gasteiger partial charge in [0.2, 0.25) is 5.91 Å². The summed E-state index contributed by atoms with van der Waals surface area (Å²) >= 11 is 7.53. The number of amides is 2. The summed E-state index contributed by atoms with van der Waals surface area (Å²) in [6.07, 6.45) is 0. The van der Waals surface area contributed by atoms with E-state index in [1.165, 1.54) is 4.90 Å². The molecule has 1 aliphatic heterocycles. The normalized spacial score (nSPS) is 14.8. The van der Waals surface area contributed by atoms with E-state index in [-0.39, 0.29) is 11.8 Å². The van der Waals surface area contributed by atoms with Gasteiger partial charge < -0.3 is 15.1 Å². The highest BCUT2D eigenvalue weighted by Crippen LogP contribution is 2.33. The molecule has 2 N–H and O–H groups in total. The third kappa shape index (κ3) is 5.73. The Hall–Kier alpha value is -2.02. The zero-order valence-electron chi connectivity index (χ0n) is 15.2. The van der Waals surface area contributed by atoms with Crippen LogP contribution in [0.4, 0.5) is 5.69 Å². The molecule has 3 rings (SSSR count). The highest BCUT2D eigenvalue weighted by atomic mass is 35.5. The van der Waals surface area contributed by atoms with Crippen molar-refractivity contribution < 1.29 is 14.5 Å². The fraction of sp³-hybridized carbons (Fsp3) is 0.300. The number of nitrogens with zero attached hydrogens (tertiary/aromatic N) is 1. The second-order valence-corrected chi connectivity index (χ2v) is 8.08. The summed E-state index contributed by atoms with van der Waals surface area (Å²) in [5.41, 5.74) is 0.809. The van der Waals surface area contributed by atoms with Crippen molar-refractivity contribution in [3.63, 3.8) is 0 Å². The summed E-state index contributed by atoms with van der Waals surface area (Å²) in [7, 11) is 0. The van der Waals surface area contributed by atoms with Crippen LogP contribution in [0.15, 0.2) is 58.3 Å². The molecule has 27 heavy (non-hydrogen) atoms. The van der Waals surface area contributed by atoms with Gasteiger partial charge in [-0.25, -0.2) is 0 Å². The average molecular weight is 405 g/mol. The van der Waals surface area contributed by atoms with Gasteiger partial charge in [-0.2, -0.15) is 0 Å². The summed E-state index contributed by atoms with van der Waals surface area (Å²) in [5, 5.41) is 3.74. The van der Waals surface area contributed by atoms with Gasteiger partial charge in [0.25, 0.3) is 5.91 Å². The fourth-order valence-electron chi connectivity index (χ4n) is 3.02. The summed E-state index contributed by atoms with van der Waals surface area (Å²) in [4.78, 5) is 29.0. The molecule has 1 fully saturated rings. The molecule has 0 aromatic heterocycles. The first-order chi connectivity index (χ1) is 13.0. The van der Waals surface area contributed by atoms with E-state index in [9.17, 15) is 9.59 Å². The number of nitrogens with one attached hydrogen (secondary N) is 2. The number of hydrogen-bond donors (Lipinski definition) is 2. The van der Waals surface area contributed by atoms with E-state index in [1.54, 1.807) is 18.7 Å². The third-order valence-corrected chi connectivity index (χ3v) is 5.86. The molecule has 2 amide bonds. The minimum Gasteiger partial charge on any atom is -0.332 e. The molecular weight excluding hydrogens is 382 g/mol. The Balaban J connectivity index is 1.58. The lowest BCUT2D eigenvalue weighted by Crippen LogP contribution is -3.15. The van der Waals surface area contributed by atoms with Crippen molar-refractivity contribution in [2.75, 3.05) is 38.0 Å². The minimum atomic E-state index is -0.00886. The monoisotopic (exact) mass is 404 g/mol. The molecule has 1 saturated heterocycles. The fourth-order valence-corrected chi connectivity index (χ4v) is 4.05. The molecule has 2 aromatic rings. The molecular formula is C20H23ClN3O2S+. The first-order valence-corrected chi connectivity index (χ1v) is 10.1. The van der Waals surface area contributed by atoms with Crippen LogP contribution in [0.25, 0.3) is 0 Å². The second-order valence-electron chi connectivity index (χ2n) is 6.53. The molecule has 142 valence electrons. The maximum absolute atomic E-state index is 12.5. The van der Waals surface area contributed by atoms with Crippen LogP contribution in [0, 0.1) is 0 Å². The van der Waals surface area contributed by atoms with Crippen LogP contribution >= 0.6 is 23.4 Å². The molecule has 1 aliphatic rings. The molecule has 0 unspecified atom stereocenters. The molecule has 5 nitrogen and oxygen atoms in total. The van der Waals surface area contributed by atoms with Crippen LogP contribution in [0.1, 0.15) is 6.92 Å². The highest BCUT2D eigenvalue weighted by molar-refractivity contribution is 7.99. The van der Waals surface area contributed by atoms with Gasteiger partial charge in [-0.05, 0) is 36.4 Å². The van der Waals surface area contributed by atoms with Crippen LogP contribution < -0.4 is 10.2 Å². The Kier molecular flexibility index (Phi) is 6.77. The Morgan fingerprint density at radius 1 is 1.11 bits per heavy atom. The first kappa shape index (κ1) is 19.7. The Morgan fingerprint density at radius 3 is 2.44 bits per heavy atom. The number of piperazine rings is 1. The molecule has 1 heterocycles. The Labute approximate surface area is 168 Å². The van der Waals surface area contributed by atoms with E-state index in [1.807, 2.05) is 53.4 Å². The van der Waals surface area contributed by atoms with E-state index in [0.717, 1.165) is 28.6 Å². The average Bonchev–Trinajstić information content (AvgIpc) is 2.65. The largest absolute Gasteiger partial charge is 0.332 e. The van der Waals surface area contributed by atoms with Gasteiger partial charge in [0.1, 0.15) is 0 Å².